The van der Waals surface area contributed by atoms with Crippen LogP contribution >= 0.6 is 0 Å². The lowest BCUT2D eigenvalue weighted by atomic mass is 9.78. The quantitative estimate of drug-likeness (QED) is 0.0293. The summed E-state index contributed by atoms with van der Waals surface area (Å²) in [6.07, 6.45) is 6.26. The number of benzene rings is 6. The molecule has 6 aromatic carbocycles. The Hall–Kier alpha value is -6.08. The van der Waals surface area contributed by atoms with Gasteiger partial charge in [-0.3, -0.25) is 0 Å². The summed E-state index contributed by atoms with van der Waals surface area (Å²) in [7, 11) is -5.53. The van der Waals surface area contributed by atoms with Crippen molar-refractivity contribution >= 4 is 51.7 Å². The highest BCUT2D eigenvalue weighted by atomic mass is 28.4. The summed E-state index contributed by atoms with van der Waals surface area (Å²) >= 11 is 0. The van der Waals surface area contributed by atoms with Gasteiger partial charge in [-0.25, -0.2) is 14.4 Å². The van der Waals surface area contributed by atoms with Gasteiger partial charge in [0.1, 0.15) is 28.7 Å². The summed E-state index contributed by atoms with van der Waals surface area (Å²) < 4.78 is 45.2. The van der Waals surface area contributed by atoms with Crippen molar-refractivity contribution in [3.05, 3.63) is 173 Å². The zero-order chi connectivity index (χ0) is 59.3. The largest absolute Gasteiger partial charge is 0.519 e. The molecule has 0 aliphatic carbocycles. The van der Waals surface area contributed by atoms with Crippen LogP contribution in [0.2, 0.25) is 76.6 Å². The van der Waals surface area contributed by atoms with Gasteiger partial charge in [0.15, 0.2) is 33.3 Å². The predicted molar refractivity (Wildman–Crippen MR) is 352 cm³/mol. The monoisotopic (exact) mass is 1200 g/mol. The first-order chi connectivity index (χ1) is 38.3. The topological polar surface area (TPSA) is 125 Å². The highest BCUT2D eigenvalue weighted by Crippen LogP contribution is 2.34. The Morgan fingerprint density at radius 3 is 1.07 bits per heavy atom. The number of aryl methyl sites for hydroxylation is 3. The zero-order valence-corrected chi connectivity index (χ0v) is 54.8. The predicted octanol–water partition coefficient (Wildman–Crippen LogP) is 20.6. The fourth-order valence-corrected chi connectivity index (χ4v) is 28.1. The first-order valence-electron chi connectivity index (χ1n) is 28.8. The number of methoxy groups -OCH3 is 1. The third-order valence-electron chi connectivity index (χ3n) is 14.3. The molecule has 0 saturated carbocycles. The molecule has 0 aromatic heterocycles. The summed E-state index contributed by atoms with van der Waals surface area (Å²) in [6, 6.07) is 50.3. The Kier molecular flexibility index (Phi) is 28.7. The van der Waals surface area contributed by atoms with Gasteiger partial charge in [-0.15, -0.1) is 0 Å². The van der Waals surface area contributed by atoms with Crippen molar-refractivity contribution in [2.75, 3.05) is 7.11 Å². The number of carbonyl (C=O) groups excluding carboxylic acids is 3. The first kappa shape index (κ1) is 71.2. The molecular formula is C68H98O11Si4. The van der Waals surface area contributed by atoms with Crippen LogP contribution in [0.25, 0.3) is 11.1 Å². The molecule has 0 aliphatic rings. The number of hydrogen-bond acceptors (Lipinski definition) is 11. The fraction of sp³-hybridized carbons (Fsp3) is 0.426. The fourth-order valence-electron chi connectivity index (χ4n) is 9.99. The average molecular weight is 1200 g/mol. The summed E-state index contributed by atoms with van der Waals surface area (Å²) in [4.78, 5) is 36.6. The lowest BCUT2D eigenvalue weighted by Gasteiger charge is -2.34. The molecule has 0 heterocycles. The molecule has 0 aliphatic heterocycles. The van der Waals surface area contributed by atoms with E-state index in [1.54, 1.807) is 30.3 Å². The summed E-state index contributed by atoms with van der Waals surface area (Å²) in [5.74, 6) is 2.30. The molecular weight excluding hydrogens is 1110 g/mol. The van der Waals surface area contributed by atoms with E-state index in [-0.39, 0.29) is 20.3 Å². The molecule has 0 atom stereocenters. The second kappa shape index (κ2) is 33.4. The molecule has 0 radical (unpaired) electrons. The van der Waals surface area contributed by atoms with E-state index < -0.39 is 51.7 Å². The maximum atomic E-state index is 12.7. The van der Waals surface area contributed by atoms with Crippen LogP contribution in [0.15, 0.2) is 146 Å². The smallest absolute Gasteiger partial charge is 0.455 e. The highest BCUT2D eigenvalue weighted by molar-refractivity contribution is 6.85. The minimum atomic E-state index is -1.78. The van der Waals surface area contributed by atoms with E-state index in [9.17, 15) is 14.4 Å². The summed E-state index contributed by atoms with van der Waals surface area (Å²) in [5.41, 5.74) is 7.28. The summed E-state index contributed by atoms with van der Waals surface area (Å²) in [6.45, 7) is 29.6. The molecule has 83 heavy (non-hydrogen) atoms. The first-order valence-corrected chi connectivity index (χ1v) is 41.3. The van der Waals surface area contributed by atoms with Crippen LogP contribution in [-0.4, -0.2) is 58.8 Å². The van der Waals surface area contributed by atoms with E-state index >= 15 is 0 Å². The number of rotatable bonds is 26. The van der Waals surface area contributed by atoms with E-state index in [4.69, 9.17) is 31.9 Å². The van der Waals surface area contributed by atoms with Gasteiger partial charge in [-0.1, -0.05) is 171 Å². The molecule has 0 bridgehead atoms. The van der Waals surface area contributed by atoms with Gasteiger partial charge in [0, 0.05) is 5.41 Å². The van der Waals surface area contributed by atoms with Crippen LogP contribution in [0.5, 0.6) is 28.7 Å². The van der Waals surface area contributed by atoms with Gasteiger partial charge in [-0.05, 0) is 191 Å². The van der Waals surface area contributed by atoms with Crippen molar-refractivity contribution in [2.45, 2.75) is 183 Å². The molecule has 0 saturated heterocycles. The van der Waals surface area contributed by atoms with Gasteiger partial charge in [0.25, 0.3) is 0 Å². The number of hydrogen-bond donors (Lipinski definition) is 0. The molecule has 6 rings (SSSR count). The van der Waals surface area contributed by atoms with Gasteiger partial charge in [0.05, 0.1) is 7.11 Å². The number of carbonyl (C=O) groups is 3. The number of para-hydroxylation sites is 2. The van der Waals surface area contributed by atoms with Gasteiger partial charge < -0.3 is 36.7 Å². The molecule has 0 spiro atoms. The second-order valence-electron chi connectivity index (χ2n) is 23.9. The maximum absolute atomic E-state index is 12.7. The molecule has 11 nitrogen and oxygen atoms in total. The average Bonchev–Trinajstić information content (AvgIpc) is 3.45. The maximum Gasteiger partial charge on any atom is 0.519 e. The third kappa shape index (κ3) is 24.6. The SMILES string of the molecule is C.C.CCCC[Si](C)(C)O[Si](C)(C)CCCc1ccccc1OC(=O)Oc1ccc(-c2ccc(OC(=O)OC)cc2)cc1.CCCC[Si](C)(C)O[Si](C)(C)CCCc1ccccc1OC(=O)Oc1ccc(C(C)(C)c2ccc(C)cc2)cc1. The molecule has 15 heteroatoms. The van der Waals surface area contributed by atoms with Crippen LogP contribution in [0, 0.1) is 6.92 Å². The van der Waals surface area contributed by atoms with E-state index in [0.717, 1.165) is 65.6 Å². The minimum Gasteiger partial charge on any atom is -0.455 e. The van der Waals surface area contributed by atoms with Gasteiger partial charge in [0.2, 0.25) is 0 Å². The van der Waals surface area contributed by atoms with Crippen molar-refractivity contribution in [3.8, 4) is 39.9 Å². The van der Waals surface area contributed by atoms with E-state index in [0.29, 0.717) is 28.7 Å². The van der Waals surface area contributed by atoms with Crippen LogP contribution in [0.1, 0.15) is 109 Å². The Balaban J connectivity index is 0.000000425. The van der Waals surface area contributed by atoms with Crippen molar-refractivity contribution in [1.82, 2.24) is 0 Å². The molecule has 0 unspecified atom stereocenters. The normalized spacial score (nSPS) is 11.6. The van der Waals surface area contributed by atoms with Crippen molar-refractivity contribution in [1.29, 1.82) is 0 Å². The molecule has 0 N–H and O–H groups in total. The van der Waals surface area contributed by atoms with Crippen LogP contribution in [-0.2, 0) is 31.2 Å². The lowest BCUT2D eigenvalue weighted by Crippen LogP contribution is -2.44. The second-order valence-corrected chi connectivity index (χ2v) is 41.6. The standard InChI is InChI=1S/C34H48O4Si2.C32H42O7Si2.2CH4/c1-9-10-25-39(5,6)38-40(7,8)26-13-15-28-14-11-12-16-32(28)37-33(35)36-31-23-21-30(22-24-31)34(3,4)29-19-17-27(2)18-20-29;1-7-8-23-40(3,4)39-41(5,6)24-11-13-27-12-9-10-14-30(27)38-32(34)37-29-21-17-26(18-22-29)25-15-19-28(20-16-25)36-31(33)35-2;;/h11-12,14,16-24H,9-10,13,15,25-26H2,1-8H3;9-10,12,14-22H,7-8,11,13,23-24H2,1-6H3;2*1H4. The minimum absolute atomic E-state index is 0. The third-order valence-corrected chi connectivity index (χ3v) is 29.4. The Labute approximate surface area is 503 Å². The zero-order valence-electron chi connectivity index (χ0n) is 50.8. The van der Waals surface area contributed by atoms with E-state index in [2.05, 4.69) is 116 Å². The Morgan fingerprint density at radius 1 is 0.410 bits per heavy atom. The van der Waals surface area contributed by atoms with Crippen molar-refractivity contribution in [2.24, 2.45) is 0 Å². The number of ether oxygens (including phenoxy) is 6. The van der Waals surface area contributed by atoms with Crippen molar-refractivity contribution in [3.63, 3.8) is 0 Å². The highest BCUT2D eigenvalue weighted by Gasteiger charge is 2.34. The molecule has 6 aromatic rings. The van der Waals surface area contributed by atoms with E-state index in [1.807, 2.05) is 91.0 Å². The molecule has 0 amide bonds. The van der Waals surface area contributed by atoms with Crippen LogP contribution < -0.4 is 23.7 Å². The van der Waals surface area contributed by atoms with Crippen molar-refractivity contribution < 1.29 is 51.0 Å². The Bertz CT molecular complexity index is 2900. The molecule has 452 valence electrons. The molecule has 0 fully saturated rings. The number of unbranched alkanes of at least 4 members (excludes halogenated alkanes) is 2. The summed E-state index contributed by atoms with van der Waals surface area (Å²) in [5, 5.41) is 0. The van der Waals surface area contributed by atoms with E-state index in [1.165, 1.54) is 56.0 Å². The van der Waals surface area contributed by atoms with Gasteiger partial charge in [-0.2, -0.15) is 0 Å². The van der Waals surface area contributed by atoms with Gasteiger partial charge >= 0.3 is 18.5 Å². The Morgan fingerprint density at radius 2 is 0.723 bits per heavy atom. The lowest BCUT2D eigenvalue weighted by molar-refractivity contribution is 0.121. The van der Waals surface area contributed by atoms with Crippen LogP contribution in [0.4, 0.5) is 14.4 Å². The van der Waals surface area contributed by atoms with Crippen LogP contribution in [0.3, 0.4) is 0 Å².